The summed E-state index contributed by atoms with van der Waals surface area (Å²) < 4.78 is 16.1. The molecule has 1 N–H and O–H groups in total. The van der Waals surface area contributed by atoms with Crippen LogP contribution in [0.25, 0.3) is 0 Å². The van der Waals surface area contributed by atoms with Gasteiger partial charge in [0, 0.05) is 5.02 Å². The number of hydrogen-bond donors (Lipinski definition) is 1. The average Bonchev–Trinajstić information content (AvgIpc) is 2.63. The maximum atomic E-state index is 11.8. The van der Waals surface area contributed by atoms with E-state index in [1.54, 1.807) is 37.4 Å². The Hall–Kier alpha value is -2.73. The van der Waals surface area contributed by atoms with Gasteiger partial charge >= 0.3 is 0 Å². The second kappa shape index (κ2) is 9.68. The molecule has 0 aliphatic rings. The Kier molecular flexibility index (Phi) is 7.29. The van der Waals surface area contributed by atoms with Crippen LogP contribution in [0.4, 0.5) is 0 Å². The van der Waals surface area contributed by atoms with Crippen molar-refractivity contribution in [3.8, 4) is 17.2 Å². The second-order valence-electron chi connectivity index (χ2n) is 5.34. The van der Waals surface area contributed by atoms with E-state index in [1.807, 2.05) is 19.9 Å². The molecule has 6 nitrogen and oxygen atoms in total. The first kappa shape index (κ1) is 19.6. The molecular weight excluding hydrogens is 356 g/mol. The highest BCUT2D eigenvalue weighted by molar-refractivity contribution is 6.31. The summed E-state index contributed by atoms with van der Waals surface area (Å²) in [6, 6.07) is 10.6. The van der Waals surface area contributed by atoms with Crippen LogP contribution in [-0.4, -0.2) is 32.4 Å². The molecule has 0 radical (unpaired) electrons. The molecule has 2 aromatic carbocycles. The van der Waals surface area contributed by atoms with Gasteiger partial charge < -0.3 is 14.2 Å². The number of aryl methyl sites for hydroxylation is 1. The van der Waals surface area contributed by atoms with E-state index in [1.165, 1.54) is 6.21 Å². The number of hydrogen-bond acceptors (Lipinski definition) is 5. The number of amides is 1. The summed E-state index contributed by atoms with van der Waals surface area (Å²) in [5.41, 5.74) is 4.06. The molecule has 0 aliphatic carbocycles. The number of rotatable bonds is 8. The van der Waals surface area contributed by atoms with Gasteiger partial charge in [0.05, 0.1) is 19.9 Å². The van der Waals surface area contributed by atoms with Crippen molar-refractivity contribution < 1.29 is 19.0 Å². The predicted octanol–water partition coefficient (Wildman–Crippen LogP) is 3.58. The summed E-state index contributed by atoms with van der Waals surface area (Å²) in [7, 11) is 1.58. The van der Waals surface area contributed by atoms with Crippen LogP contribution in [-0.2, 0) is 4.79 Å². The number of halogens is 1. The van der Waals surface area contributed by atoms with Gasteiger partial charge in [-0.3, -0.25) is 4.79 Å². The molecule has 1 amide bonds. The van der Waals surface area contributed by atoms with Crippen molar-refractivity contribution in [3.05, 3.63) is 52.5 Å². The highest BCUT2D eigenvalue weighted by atomic mass is 35.5. The van der Waals surface area contributed by atoms with Gasteiger partial charge in [-0.25, -0.2) is 5.43 Å². The minimum Gasteiger partial charge on any atom is -0.493 e. The Labute approximate surface area is 157 Å². The average molecular weight is 377 g/mol. The number of hydrazone groups is 1. The molecule has 0 heterocycles. The third-order valence-electron chi connectivity index (χ3n) is 3.39. The zero-order chi connectivity index (χ0) is 18.9. The Balaban J connectivity index is 1.88. The molecule has 138 valence electrons. The number of carbonyl (C=O) groups excluding carboxylic acids is 1. The fourth-order valence-corrected chi connectivity index (χ4v) is 2.23. The minimum absolute atomic E-state index is 0.148. The first-order chi connectivity index (χ1) is 12.5. The molecule has 0 saturated carbocycles. The quantitative estimate of drug-likeness (QED) is 0.564. The van der Waals surface area contributed by atoms with Gasteiger partial charge in [0.25, 0.3) is 5.91 Å². The standard InChI is InChI=1S/C19H21ClN2O4/c1-4-25-18-10-14(5-8-17(18)24-3)11-21-22-19(23)12-26-15-6-7-16(20)13(2)9-15/h5-11H,4,12H2,1-3H3,(H,22,23)/b21-11-. The van der Waals surface area contributed by atoms with Crippen molar-refractivity contribution >= 4 is 23.7 Å². The molecule has 7 heteroatoms. The topological polar surface area (TPSA) is 69.2 Å². The second-order valence-corrected chi connectivity index (χ2v) is 5.74. The molecule has 0 saturated heterocycles. The molecule has 0 spiro atoms. The number of methoxy groups -OCH3 is 1. The third kappa shape index (κ3) is 5.67. The molecule has 2 rings (SSSR count). The van der Waals surface area contributed by atoms with Crippen molar-refractivity contribution in [3.63, 3.8) is 0 Å². The molecule has 0 aromatic heterocycles. The smallest absolute Gasteiger partial charge is 0.277 e. The lowest BCUT2D eigenvalue weighted by atomic mass is 10.2. The fraction of sp³-hybridized carbons (Fsp3) is 0.263. The highest BCUT2D eigenvalue weighted by Gasteiger charge is 2.05. The summed E-state index contributed by atoms with van der Waals surface area (Å²) in [6.45, 7) is 4.13. The van der Waals surface area contributed by atoms with E-state index >= 15 is 0 Å². The molecule has 0 fully saturated rings. The van der Waals surface area contributed by atoms with Gasteiger partial charge in [0.1, 0.15) is 5.75 Å². The van der Waals surface area contributed by atoms with E-state index in [4.69, 9.17) is 25.8 Å². The molecule has 0 aliphatic heterocycles. The van der Waals surface area contributed by atoms with E-state index in [0.717, 1.165) is 11.1 Å². The molecule has 2 aromatic rings. The van der Waals surface area contributed by atoms with Crippen LogP contribution in [0.15, 0.2) is 41.5 Å². The normalized spacial score (nSPS) is 10.6. The van der Waals surface area contributed by atoms with Crippen molar-refractivity contribution in [2.75, 3.05) is 20.3 Å². The van der Waals surface area contributed by atoms with E-state index in [-0.39, 0.29) is 12.5 Å². The fourth-order valence-electron chi connectivity index (χ4n) is 2.11. The molecular formula is C19H21ClN2O4. The van der Waals surface area contributed by atoms with Gasteiger partial charge in [0.2, 0.25) is 0 Å². The predicted molar refractivity (Wildman–Crippen MR) is 102 cm³/mol. The van der Waals surface area contributed by atoms with Crippen molar-refractivity contribution in [2.24, 2.45) is 5.10 Å². The van der Waals surface area contributed by atoms with E-state index in [0.29, 0.717) is 28.9 Å². The van der Waals surface area contributed by atoms with Gasteiger partial charge in [0.15, 0.2) is 18.1 Å². The monoisotopic (exact) mass is 376 g/mol. The van der Waals surface area contributed by atoms with Gasteiger partial charge in [-0.15, -0.1) is 0 Å². The number of nitrogens with zero attached hydrogens (tertiary/aromatic N) is 1. The van der Waals surface area contributed by atoms with Crippen molar-refractivity contribution in [1.82, 2.24) is 5.43 Å². The Morgan fingerprint density at radius 1 is 1.19 bits per heavy atom. The first-order valence-electron chi connectivity index (χ1n) is 8.05. The van der Waals surface area contributed by atoms with Crippen LogP contribution in [0, 0.1) is 6.92 Å². The number of carbonyl (C=O) groups is 1. The van der Waals surface area contributed by atoms with Crippen LogP contribution in [0.5, 0.6) is 17.2 Å². The number of ether oxygens (including phenoxy) is 3. The SMILES string of the molecule is CCOc1cc(/C=N\NC(=O)COc2ccc(Cl)c(C)c2)ccc1OC. The summed E-state index contributed by atoms with van der Waals surface area (Å²) in [5.74, 6) is 1.46. The maximum Gasteiger partial charge on any atom is 0.277 e. The summed E-state index contributed by atoms with van der Waals surface area (Å²) in [5, 5.41) is 4.57. The Morgan fingerprint density at radius 2 is 2.00 bits per heavy atom. The Morgan fingerprint density at radius 3 is 2.69 bits per heavy atom. The first-order valence-corrected chi connectivity index (χ1v) is 8.43. The zero-order valence-corrected chi connectivity index (χ0v) is 15.7. The largest absolute Gasteiger partial charge is 0.493 e. The molecule has 0 atom stereocenters. The number of benzene rings is 2. The highest BCUT2D eigenvalue weighted by Crippen LogP contribution is 2.27. The van der Waals surface area contributed by atoms with Gasteiger partial charge in [-0.1, -0.05) is 11.6 Å². The maximum absolute atomic E-state index is 11.8. The third-order valence-corrected chi connectivity index (χ3v) is 3.81. The van der Waals surface area contributed by atoms with Crippen molar-refractivity contribution in [1.29, 1.82) is 0 Å². The van der Waals surface area contributed by atoms with Crippen molar-refractivity contribution in [2.45, 2.75) is 13.8 Å². The molecule has 0 bridgehead atoms. The van der Waals surface area contributed by atoms with Crippen LogP contribution >= 0.6 is 11.6 Å². The molecule has 0 unspecified atom stereocenters. The summed E-state index contributed by atoms with van der Waals surface area (Å²) >= 11 is 5.95. The Bertz CT molecular complexity index is 793. The zero-order valence-electron chi connectivity index (χ0n) is 14.9. The van der Waals surface area contributed by atoms with Crippen LogP contribution < -0.4 is 19.6 Å². The lowest BCUT2D eigenvalue weighted by molar-refractivity contribution is -0.123. The van der Waals surface area contributed by atoms with Gasteiger partial charge in [-0.05, 0) is 61.4 Å². The van der Waals surface area contributed by atoms with Crippen LogP contribution in [0.3, 0.4) is 0 Å². The lowest BCUT2D eigenvalue weighted by Gasteiger charge is -2.09. The minimum atomic E-state index is -0.368. The van der Waals surface area contributed by atoms with Gasteiger partial charge in [-0.2, -0.15) is 5.10 Å². The summed E-state index contributed by atoms with van der Waals surface area (Å²) in [6.07, 6.45) is 1.52. The van der Waals surface area contributed by atoms with E-state index < -0.39 is 0 Å². The van der Waals surface area contributed by atoms with Crippen LogP contribution in [0.2, 0.25) is 5.02 Å². The lowest BCUT2D eigenvalue weighted by Crippen LogP contribution is -2.24. The van der Waals surface area contributed by atoms with E-state index in [9.17, 15) is 4.79 Å². The van der Waals surface area contributed by atoms with Crippen LogP contribution in [0.1, 0.15) is 18.1 Å². The molecule has 26 heavy (non-hydrogen) atoms. The van der Waals surface area contributed by atoms with E-state index in [2.05, 4.69) is 10.5 Å². The summed E-state index contributed by atoms with van der Waals surface area (Å²) in [4.78, 5) is 11.8. The number of nitrogens with one attached hydrogen (secondary N) is 1.